The van der Waals surface area contributed by atoms with E-state index in [1.165, 1.54) is 0 Å². The molecule has 0 radical (unpaired) electrons. The average Bonchev–Trinajstić information content (AvgIpc) is 3.06. The van der Waals surface area contributed by atoms with Gasteiger partial charge in [-0.2, -0.15) is 5.10 Å². The Labute approximate surface area is 155 Å². The molecule has 0 saturated carbocycles. The van der Waals surface area contributed by atoms with E-state index in [0.29, 0.717) is 0 Å². The summed E-state index contributed by atoms with van der Waals surface area (Å²) >= 11 is 0. The van der Waals surface area contributed by atoms with Crippen LogP contribution in [0.5, 0.6) is 0 Å². The summed E-state index contributed by atoms with van der Waals surface area (Å²) in [5.41, 5.74) is 0. The van der Waals surface area contributed by atoms with E-state index in [-0.39, 0.29) is 24.0 Å². The van der Waals surface area contributed by atoms with E-state index < -0.39 is 0 Å². The second-order valence-electron chi connectivity index (χ2n) is 5.26. The Morgan fingerprint density at radius 3 is 2.78 bits per heavy atom. The molecule has 1 aromatic heterocycles. The van der Waals surface area contributed by atoms with Gasteiger partial charge in [0, 0.05) is 58.2 Å². The number of aromatic nitrogens is 2. The van der Waals surface area contributed by atoms with Gasteiger partial charge in [0.25, 0.3) is 0 Å². The highest BCUT2D eigenvalue weighted by molar-refractivity contribution is 14.0. The molecule has 1 aliphatic rings. The molecule has 0 amide bonds. The summed E-state index contributed by atoms with van der Waals surface area (Å²) in [5, 5.41) is 10.9. The molecule has 1 aromatic rings. The predicted octanol–water partition coefficient (Wildman–Crippen LogP) is 0.779. The summed E-state index contributed by atoms with van der Waals surface area (Å²) in [6, 6.07) is 1.94. The number of rotatable bonds is 8. The maximum atomic E-state index is 5.36. The van der Waals surface area contributed by atoms with E-state index in [1.807, 2.05) is 16.9 Å². The van der Waals surface area contributed by atoms with E-state index in [9.17, 15) is 0 Å². The Bertz CT molecular complexity index is 420. The van der Waals surface area contributed by atoms with Crippen molar-refractivity contribution in [3.8, 4) is 0 Å². The molecule has 7 nitrogen and oxygen atoms in total. The molecule has 0 aromatic carbocycles. The van der Waals surface area contributed by atoms with Gasteiger partial charge in [-0.15, -0.1) is 24.0 Å². The van der Waals surface area contributed by atoms with Crippen molar-refractivity contribution < 1.29 is 4.74 Å². The molecule has 2 heterocycles. The van der Waals surface area contributed by atoms with Crippen LogP contribution in [0.15, 0.2) is 23.5 Å². The standard InChI is InChI=1S/C15H28N6O.HI/c1-2-16-15(17-5-3-8-21-9-4-6-19-21)18-7-10-20-11-13-22-14-12-20;/h4,6,9H,2-3,5,7-8,10-14H2,1H3,(H2,16,17,18);1H. The number of guanidine groups is 1. The molecule has 0 atom stereocenters. The minimum absolute atomic E-state index is 0. The van der Waals surface area contributed by atoms with Crippen LogP contribution in [0.4, 0.5) is 0 Å². The number of morpholine rings is 1. The third kappa shape index (κ3) is 8.52. The van der Waals surface area contributed by atoms with Gasteiger partial charge in [0.15, 0.2) is 5.96 Å². The number of ether oxygens (including phenoxy) is 1. The van der Waals surface area contributed by atoms with Crippen molar-refractivity contribution in [3.63, 3.8) is 0 Å². The molecule has 0 aliphatic carbocycles. The van der Waals surface area contributed by atoms with Crippen molar-refractivity contribution in [3.05, 3.63) is 18.5 Å². The van der Waals surface area contributed by atoms with Crippen LogP contribution in [-0.4, -0.2) is 73.1 Å². The molecule has 2 rings (SSSR count). The third-order valence-corrected chi connectivity index (χ3v) is 3.54. The van der Waals surface area contributed by atoms with E-state index >= 15 is 0 Å². The van der Waals surface area contributed by atoms with Gasteiger partial charge in [0.05, 0.1) is 13.2 Å². The SMILES string of the molecule is CCNC(=NCCCn1cccn1)NCCN1CCOCC1.I. The molecule has 0 unspecified atom stereocenters. The minimum Gasteiger partial charge on any atom is -0.379 e. The Kier molecular flexibility index (Phi) is 11.0. The van der Waals surface area contributed by atoms with Crippen molar-refractivity contribution in [1.82, 2.24) is 25.3 Å². The Balaban J connectivity index is 0.00000264. The van der Waals surface area contributed by atoms with E-state index in [1.54, 1.807) is 6.20 Å². The lowest BCUT2D eigenvalue weighted by molar-refractivity contribution is 0.0389. The summed E-state index contributed by atoms with van der Waals surface area (Å²) in [6.45, 7) is 10.4. The fourth-order valence-electron chi connectivity index (χ4n) is 2.36. The Morgan fingerprint density at radius 1 is 1.26 bits per heavy atom. The highest BCUT2D eigenvalue weighted by Gasteiger charge is 2.09. The molecular weight excluding hydrogens is 407 g/mol. The van der Waals surface area contributed by atoms with Crippen LogP contribution in [-0.2, 0) is 11.3 Å². The van der Waals surface area contributed by atoms with Crippen LogP contribution in [0.25, 0.3) is 0 Å². The second kappa shape index (κ2) is 12.5. The Hall–Kier alpha value is -0.870. The second-order valence-corrected chi connectivity index (χ2v) is 5.26. The Morgan fingerprint density at radius 2 is 2.09 bits per heavy atom. The summed E-state index contributed by atoms with van der Waals surface area (Å²) in [6.07, 6.45) is 4.78. The molecule has 132 valence electrons. The summed E-state index contributed by atoms with van der Waals surface area (Å²) in [7, 11) is 0. The first-order valence-corrected chi connectivity index (χ1v) is 8.18. The number of nitrogens with zero attached hydrogens (tertiary/aromatic N) is 4. The van der Waals surface area contributed by atoms with Gasteiger partial charge in [-0.3, -0.25) is 14.6 Å². The normalized spacial score (nSPS) is 16.0. The molecule has 1 fully saturated rings. The quantitative estimate of drug-likeness (QED) is 0.273. The lowest BCUT2D eigenvalue weighted by Gasteiger charge is -2.26. The first kappa shape index (κ1) is 20.2. The molecule has 0 spiro atoms. The van der Waals surface area contributed by atoms with Gasteiger partial charge < -0.3 is 15.4 Å². The van der Waals surface area contributed by atoms with Crippen LogP contribution in [0.1, 0.15) is 13.3 Å². The van der Waals surface area contributed by atoms with Crippen molar-refractivity contribution >= 4 is 29.9 Å². The van der Waals surface area contributed by atoms with Crippen LogP contribution < -0.4 is 10.6 Å². The van der Waals surface area contributed by atoms with Gasteiger partial charge in [-0.05, 0) is 19.4 Å². The first-order valence-electron chi connectivity index (χ1n) is 8.18. The highest BCUT2D eigenvalue weighted by Crippen LogP contribution is 1.95. The van der Waals surface area contributed by atoms with Crippen molar-refractivity contribution in [2.75, 3.05) is 52.5 Å². The zero-order valence-corrected chi connectivity index (χ0v) is 16.2. The van der Waals surface area contributed by atoms with Crippen molar-refractivity contribution in [2.45, 2.75) is 19.9 Å². The molecule has 1 aliphatic heterocycles. The predicted molar refractivity (Wildman–Crippen MR) is 103 cm³/mol. The maximum Gasteiger partial charge on any atom is 0.191 e. The lowest BCUT2D eigenvalue weighted by Crippen LogP contribution is -2.44. The maximum absolute atomic E-state index is 5.36. The molecule has 0 bridgehead atoms. The van der Waals surface area contributed by atoms with Gasteiger partial charge in [-0.1, -0.05) is 0 Å². The number of hydrogen-bond acceptors (Lipinski definition) is 4. The average molecular weight is 436 g/mol. The number of aryl methyl sites for hydroxylation is 1. The largest absolute Gasteiger partial charge is 0.379 e. The molecular formula is C15H29IN6O. The van der Waals surface area contributed by atoms with Gasteiger partial charge in [0.2, 0.25) is 0 Å². The van der Waals surface area contributed by atoms with Crippen molar-refractivity contribution in [1.29, 1.82) is 0 Å². The van der Waals surface area contributed by atoms with E-state index in [4.69, 9.17) is 4.74 Å². The summed E-state index contributed by atoms with van der Waals surface area (Å²) in [4.78, 5) is 7.02. The molecule has 1 saturated heterocycles. The topological polar surface area (TPSA) is 66.7 Å². The molecule has 23 heavy (non-hydrogen) atoms. The van der Waals surface area contributed by atoms with Crippen LogP contribution >= 0.6 is 24.0 Å². The van der Waals surface area contributed by atoms with Crippen LogP contribution in [0.2, 0.25) is 0 Å². The molecule has 2 N–H and O–H groups in total. The summed E-state index contributed by atoms with van der Waals surface area (Å²) < 4.78 is 7.30. The third-order valence-electron chi connectivity index (χ3n) is 3.54. The first-order chi connectivity index (χ1) is 10.9. The fourth-order valence-corrected chi connectivity index (χ4v) is 2.36. The van der Waals surface area contributed by atoms with E-state index in [0.717, 1.165) is 71.4 Å². The highest BCUT2D eigenvalue weighted by atomic mass is 127. The van der Waals surface area contributed by atoms with E-state index in [2.05, 4.69) is 32.5 Å². The number of aliphatic imine (C=N–C) groups is 1. The summed E-state index contributed by atoms with van der Waals surface area (Å²) in [5.74, 6) is 0.899. The smallest absolute Gasteiger partial charge is 0.191 e. The fraction of sp³-hybridized carbons (Fsp3) is 0.733. The zero-order valence-electron chi connectivity index (χ0n) is 13.9. The van der Waals surface area contributed by atoms with Gasteiger partial charge in [-0.25, -0.2) is 0 Å². The minimum atomic E-state index is 0. The van der Waals surface area contributed by atoms with Gasteiger partial charge >= 0.3 is 0 Å². The number of nitrogens with one attached hydrogen (secondary N) is 2. The van der Waals surface area contributed by atoms with Crippen LogP contribution in [0.3, 0.4) is 0 Å². The van der Waals surface area contributed by atoms with Crippen LogP contribution in [0, 0.1) is 0 Å². The monoisotopic (exact) mass is 436 g/mol. The lowest BCUT2D eigenvalue weighted by atomic mass is 10.4. The van der Waals surface area contributed by atoms with Gasteiger partial charge in [0.1, 0.15) is 0 Å². The number of hydrogen-bond donors (Lipinski definition) is 2. The number of halogens is 1. The zero-order chi connectivity index (χ0) is 15.5. The van der Waals surface area contributed by atoms with Crippen molar-refractivity contribution in [2.24, 2.45) is 4.99 Å². The molecule has 8 heteroatoms.